The summed E-state index contributed by atoms with van der Waals surface area (Å²) in [6.45, 7) is 6.28. The van der Waals surface area contributed by atoms with Gasteiger partial charge in [0.25, 0.3) is 0 Å². The van der Waals surface area contributed by atoms with Gasteiger partial charge in [-0.2, -0.15) is 0 Å². The number of nitrogens with zero attached hydrogens (tertiary/aromatic N) is 1. The Morgan fingerprint density at radius 3 is 2.81 bits per heavy atom. The molecule has 3 heteroatoms. The predicted molar refractivity (Wildman–Crippen MR) is 64.8 cm³/mol. The second-order valence-electron chi connectivity index (χ2n) is 4.58. The molecule has 0 aliphatic carbocycles. The van der Waals surface area contributed by atoms with E-state index in [1.807, 2.05) is 18.3 Å². The number of rotatable bonds is 3. The van der Waals surface area contributed by atoms with Crippen LogP contribution in [0.15, 0.2) is 18.3 Å². The fourth-order valence-corrected chi connectivity index (χ4v) is 2.16. The second kappa shape index (κ2) is 5.30. The Kier molecular flexibility index (Phi) is 3.78. The van der Waals surface area contributed by atoms with Gasteiger partial charge in [0.15, 0.2) is 0 Å². The molecule has 0 spiro atoms. The first-order valence-corrected chi connectivity index (χ1v) is 6.09. The fourth-order valence-electron chi connectivity index (χ4n) is 2.16. The molecule has 3 nitrogen and oxygen atoms in total. The van der Waals surface area contributed by atoms with Crippen LogP contribution in [0, 0.1) is 0 Å². The Bertz CT molecular complexity index is 332. The molecule has 88 valence electrons. The maximum Gasteiger partial charge on any atom is 0.141 e. The molecule has 2 heterocycles. The van der Waals surface area contributed by atoms with E-state index in [-0.39, 0.29) is 6.10 Å². The van der Waals surface area contributed by atoms with Crippen LogP contribution in [-0.4, -0.2) is 24.2 Å². The van der Waals surface area contributed by atoms with E-state index in [4.69, 9.17) is 4.74 Å². The first kappa shape index (κ1) is 11.4. The van der Waals surface area contributed by atoms with E-state index in [0.717, 1.165) is 37.4 Å². The van der Waals surface area contributed by atoms with E-state index in [9.17, 15) is 0 Å². The summed E-state index contributed by atoms with van der Waals surface area (Å²) in [4.78, 5) is 4.50. The average Bonchev–Trinajstić information content (AvgIpc) is 2.30. The van der Waals surface area contributed by atoms with E-state index < -0.39 is 0 Å². The molecule has 1 aliphatic heterocycles. The van der Waals surface area contributed by atoms with Gasteiger partial charge in [-0.25, -0.2) is 0 Å². The molecular weight excluding hydrogens is 200 g/mol. The van der Waals surface area contributed by atoms with Crippen molar-refractivity contribution >= 4 is 0 Å². The first-order valence-electron chi connectivity index (χ1n) is 6.09. The Hall–Kier alpha value is -1.09. The van der Waals surface area contributed by atoms with Crippen molar-refractivity contribution in [1.29, 1.82) is 0 Å². The maximum absolute atomic E-state index is 5.82. The second-order valence-corrected chi connectivity index (χ2v) is 4.58. The van der Waals surface area contributed by atoms with Crippen LogP contribution in [0.2, 0.25) is 0 Å². The maximum atomic E-state index is 5.82. The smallest absolute Gasteiger partial charge is 0.141 e. The number of piperidine rings is 1. The van der Waals surface area contributed by atoms with Crippen molar-refractivity contribution < 1.29 is 4.74 Å². The molecule has 0 radical (unpaired) electrons. The van der Waals surface area contributed by atoms with Gasteiger partial charge in [0.1, 0.15) is 5.75 Å². The van der Waals surface area contributed by atoms with Gasteiger partial charge in [0.05, 0.1) is 11.8 Å². The highest BCUT2D eigenvalue weighted by Gasteiger charge is 2.20. The Balaban J connectivity index is 2.17. The summed E-state index contributed by atoms with van der Waals surface area (Å²) in [6.07, 6.45) is 4.39. The summed E-state index contributed by atoms with van der Waals surface area (Å²) >= 11 is 0. The lowest BCUT2D eigenvalue weighted by atomic mass is 9.93. The van der Waals surface area contributed by atoms with E-state index in [1.54, 1.807) is 0 Å². The highest BCUT2D eigenvalue weighted by atomic mass is 16.5. The molecule has 1 saturated heterocycles. The van der Waals surface area contributed by atoms with Gasteiger partial charge in [-0.15, -0.1) is 0 Å². The Labute approximate surface area is 97.2 Å². The third-order valence-corrected chi connectivity index (χ3v) is 2.89. The van der Waals surface area contributed by atoms with Crippen LogP contribution in [0.3, 0.4) is 0 Å². The third-order valence-electron chi connectivity index (χ3n) is 2.89. The molecule has 2 rings (SSSR count). The zero-order chi connectivity index (χ0) is 11.4. The third kappa shape index (κ3) is 2.73. The quantitative estimate of drug-likeness (QED) is 0.849. The highest BCUT2D eigenvalue weighted by molar-refractivity contribution is 5.30. The van der Waals surface area contributed by atoms with Crippen LogP contribution in [0.25, 0.3) is 0 Å². The van der Waals surface area contributed by atoms with Gasteiger partial charge in [-0.3, -0.25) is 4.98 Å². The van der Waals surface area contributed by atoms with Gasteiger partial charge in [-0.1, -0.05) is 0 Å². The first-order chi connectivity index (χ1) is 7.77. The zero-order valence-corrected chi connectivity index (χ0v) is 10.1. The zero-order valence-electron chi connectivity index (χ0n) is 10.1. The fraction of sp³-hybridized carbons (Fsp3) is 0.615. The van der Waals surface area contributed by atoms with Gasteiger partial charge >= 0.3 is 0 Å². The van der Waals surface area contributed by atoms with E-state index >= 15 is 0 Å². The van der Waals surface area contributed by atoms with Gasteiger partial charge < -0.3 is 10.1 Å². The number of hydrogen-bond donors (Lipinski definition) is 1. The normalized spacial score (nSPS) is 17.7. The van der Waals surface area contributed by atoms with Crippen LogP contribution >= 0.6 is 0 Å². The Morgan fingerprint density at radius 1 is 1.38 bits per heavy atom. The molecule has 16 heavy (non-hydrogen) atoms. The number of nitrogens with one attached hydrogen (secondary N) is 1. The topological polar surface area (TPSA) is 34.1 Å². The minimum absolute atomic E-state index is 0.213. The minimum atomic E-state index is 0.213. The van der Waals surface area contributed by atoms with Crippen molar-refractivity contribution in [1.82, 2.24) is 10.3 Å². The molecule has 1 N–H and O–H groups in total. The largest absolute Gasteiger partial charge is 0.489 e. The number of ether oxygens (including phenoxy) is 1. The van der Waals surface area contributed by atoms with Crippen molar-refractivity contribution in [2.45, 2.75) is 38.7 Å². The van der Waals surface area contributed by atoms with Gasteiger partial charge in [0, 0.05) is 12.1 Å². The number of hydrogen-bond acceptors (Lipinski definition) is 3. The monoisotopic (exact) mass is 220 g/mol. The van der Waals surface area contributed by atoms with Crippen molar-refractivity contribution in [3.63, 3.8) is 0 Å². The van der Waals surface area contributed by atoms with Gasteiger partial charge in [0.2, 0.25) is 0 Å². The summed E-state index contributed by atoms with van der Waals surface area (Å²) < 4.78 is 5.82. The van der Waals surface area contributed by atoms with E-state index in [0.29, 0.717) is 5.92 Å². The van der Waals surface area contributed by atoms with E-state index in [1.165, 1.54) is 0 Å². The number of pyridine rings is 1. The van der Waals surface area contributed by atoms with Crippen LogP contribution in [-0.2, 0) is 0 Å². The summed E-state index contributed by atoms with van der Waals surface area (Å²) in [5, 5.41) is 3.38. The minimum Gasteiger partial charge on any atom is -0.489 e. The van der Waals surface area contributed by atoms with Crippen molar-refractivity contribution in [2.75, 3.05) is 13.1 Å². The summed E-state index contributed by atoms with van der Waals surface area (Å²) in [6, 6.07) is 3.98. The molecule has 0 amide bonds. The van der Waals surface area contributed by atoms with Crippen LogP contribution in [0.4, 0.5) is 0 Å². The lowest BCUT2D eigenvalue weighted by Crippen LogP contribution is -2.27. The summed E-state index contributed by atoms with van der Waals surface area (Å²) in [7, 11) is 0. The van der Waals surface area contributed by atoms with Gasteiger partial charge in [-0.05, 0) is 51.9 Å². The molecular formula is C13H20N2O. The molecule has 1 aromatic rings. The lowest BCUT2D eigenvalue weighted by molar-refractivity contribution is 0.235. The predicted octanol–water partition coefficient (Wildman–Crippen LogP) is 2.34. The molecule has 1 aliphatic rings. The summed E-state index contributed by atoms with van der Waals surface area (Å²) in [5.41, 5.74) is 1.14. The van der Waals surface area contributed by atoms with Crippen LogP contribution < -0.4 is 10.1 Å². The summed E-state index contributed by atoms with van der Waals surface area (Å²) in [5.74, 6) is 1.51. The molecule has 0 atom stereocenters. The van der Waals surface area contributed by atoms with Crippen LogP contribution in [0.5, 0.6) is 5.75 Å². The number of aromatic nitrogens is 1. The highest BCUT2D eigenvalue weighted by Crippen LogP contribution is 2.30. The SMILES string of the molecule is CC(C)Oc1cccnc1C1CCNCC1. The molecule has 1 fully saturated rings. The molecule has 0 bridgehead atoms. The molecule has 0 unspecified atom stereocenters. The Morgan fingerprint density at radius 2 is 2.12 bits per heavy atom. The van der Waals surface area contributed by atoms with Crippen molar-refractivity contribution in [3.8, 4) is 5.75 Å². The van der Waals surface area contributed by atoms with Crippen molar-refractivity contribution in [3.05, 3.63) is 24.0 Å². The average molecular weight is 220 g/mol. The van der Waals surface area contributed by atoms with Crippen LogP contribution in [0.1, 0.15) is 38.3 Å². The lowest BCUT2D eigenvalue weighted by Gasteiger charge is -2.24. The van der Waals surface area contributed by atoms with Crippen molar-refractivity contribution in [2.24, 2.45) is 0 Å². The molecule has 0 saturated carbocycles. The standard InChI is InChI=1S/C13H20N2O/c1-10(2)16-12-4-3-7-15-13(12)11-5-8-14-9-6-11/h3-4,7,10-11,14H,5-6,8-9H2,1-2H3. The molecule has 1 aromatic heterocycles. The molecule has 0 aromatic carbocycles. The van der Waals surface area contributed by atoms with E-state index in [2.05, 4.69) is 24.1 Å².